The van der Waals surface area contributed by atoms with Crippen molar-refractivity contribution in [2.75, 3.05) is 18.8 Å². The van der Waals surface area contributed by atoms with Crippen molar-refractivity contribution in [2.45, 2.75) is 30.7 Å². The Bertz CT molecular complexity index is 897. The normalized spacial score (nSPS) is 15.0. The molecule has 3 N–H and O–H groups in total. The Labute approximate surface area is 166 Å². The Morgan fingerprint density at radius 3 is 2.44 bits per heavy atom. The van der Waals surface area contributed by atoms with Gasteiger partial charge in [0.15, 0.2) is 0 Å². The summed E-state index contributed by atoms with van der Waals surface area (Å²) in [6.45, 7) is 1.36. The molecule has 1 amide bonds. The number of hydrogen-bond acceptors (Lipinski definition) is 4. The fourth-order valence-electron chi connectivity index (χ4n) is 3.05. The van der Waals surface area contributed by atoms with Crippen LogP contribution in [0, 0.1) is 0 Å². The van der Waals surface area contributed by atoms with Crippen LogP contribution < -0.4 is 11.1 Å². The van der Waals surface area contributed by atoms with Crippen molar-refractivity contribution in [1.82, 2.24) is 9.62 Å². The second kappa shape index (κ2) is 9.21. The van der Waals surface area contributed by atoms with Gasteiger partial charge in [-0.05, 0) is 42.7 Å². The fraction of sp³-hybridized carbons (Fsp3) is 0.316. The minimum Gasteiger partial charge on any atom is -0.398 e. The number of amides is 1. The number of nitrogens with two attached hydrogens (primary N) is 1. The molecule has 2 aromatic rings. The highest BCUT2D eigenvalue weighted by Crippen LogP contribution is 2.21. The lowest BCUT2D eigenvalue weighted by Crippen LogP contribution is -2.35. The highest BCUT2D eigenvalue weighted by Gasteiger charge is 2.25. The summed E-state index contributed by atoms with van der Waals surface area (Å²) in [6.07, 6.45) is 2.86. The molecule has 0 spiro atoms. The molecule has 2 aromatic carbocycles. The Morgan fingerprint density at radius 2 is 1.74 bits per heavy atom. The summed E-state index contributed by atoms with van der Waals surface area (Å²) in [6, 6.07) is 13.6. The number of carbonyl (C=O) groups is 1. The summed E-state index contributed by atoms with van der Waals surface area (Å²) in [5.74, 6) is -0.285. The van der Waals surface area contributed by atoms with E-state index in [4.69, 9.17) is 5.73 Å². The molecule has 6 nitrogen and oxygen atoms in total. The zero-order valence-electron chi connectivity index (χ0n) is 14.9. The number of nitrogens with zero attached hydrogens (tertiary/aromatic N) is 1. The summed E-state index contributed by atoms with van der Waals surface area (Å²) in [4.78, 5) is 12.5. The van der Waals surface area contributed by atoms with E-state index in [9.17, 15) is 13.2 Å². The number of nitrogen functional groups attached to an aromatic ring is 1. The Balaban J connectivity index is 0.00000261. The van der Waals surface area contributed by atoms with Gasteiger partial charge in [0.1, 0.15) is 0 Å². The van der Waals surface area contributed by atoms with Crippen LogP contribution in [-0.2, 0) is 16.6 Å². The van der Waals surface area contributed by atoms with Gasteiger partial charge in [0.2, 0.25) is 10.0 Å². The van der Waals surface area contributed by atoms with Gasteiger partial charge in [-0.25, -0.2) is 8.42 Å². The molecule has 1 aliphatic heterocycles. The third-order valence-corrected chi connectivity index (χ3v) is 6.40. The number of piperidine rings is 1. The number of para-hydroxylation sites is 1. The minimum atomic E-state index is -3.48. The average molecular weight is 410 g/mol. The van der Waals surface area contributed by atoms with Gasteiger partial charge in [0, 0.05) is 25.3 Å². The zero-order valence-corrected chi connectivity index (χ0v) is 16.6. The quantitative estimate of drug-likeness (QED) is 0.742. The standard InChI is InChI=1S/C19H23N3O3S.ClH/c20-18-10-3-2-9-17(18)19(23)21-14-15-7-6-8-16(13-15)26(24,25)22-11-4-1-5-12-22;/h2-3,6-10,13H,1,4-5,11-12,14,20H2,(H,21,23);1H. The number of halogens is 1. The smallest absolute Gasteiger partial charge is 0.253 e. The Kier molecular flexibility index (Phi) is 7.24. The number of hydrogen-bond donors (Lipinski definition) is 2. The lowest BCUT2D eigenvalue weighted by Gasteiger charge is -2.26. The zero-order chi connectivity index (χ0) is 18.6. The number of rotatable bonds is 5. The van der Waals surface area contributed by atoms with E-state index in [2.05, 4.69) is 5.32 Å². The summed E-state index contributed by atoms with van der Waals surface area (Å²) >= 11 is 0. The monoisotopic (exact) mass is 409 g/mol. The summed E-state index contributed by atoms with van der Waals surface area (Å²) < 4.78 is 27.1. The molecule has 0 saturated carbocycles. The molecule has 1 fully saturated rings. The van der Waals surface area contributed by atoms with Gasteiger partial charge in [-0.15, -0.1) is 12.4 Å². The van der Waals surface area contributed by atoms with Crippen LogP contribution in [0.5, 0.6) is 0 Å². The molecule has 0 aliphatic carbocycles. The van der Waals surface area contributed by atoms with Crippen LogP contribution in [0.4, 0.5) is 5.69 Å². The molecule has 27 heavy (non-hydrogen) atoms. The van der Waals surface area contributed by atoms with Crippen LogP contribution in [0.25, 0.3) is 0 Å². The first-order valence-electron chi connectivity index (χ1n) is 8.70. The Hall–Kier alpha value is -2.09. The molecule has 1 heterocycles. The fourth-order valence-corrected chi connectivity index (χ4v) is 4.64. The number of sulfonamides is 1. The molecule has 0 atom stereocenters. The van der Waals surface area contributed by atoms with E-state index < -0.39 is 10.0 Å². The van der Waals surface area contributed by atoms with E-state index in [0.29, 0.717) is 24.3 Å². The van der Waals surface area contributed by atoms with Crippen LogP contribution in [0.1, 0.15) is 35.2 Å². The minimum absolute atomic E-state index is 0. The predicted octanol–water partition coefficient (Wildman–Crippen LogP) is 2.80. The maximum absolute atomic E-state index is 12.8. The van der Waals surface area contributed by atoms with E-state index in [1.54, 1.807) is 52.8 Å². The molecule has 0 aromatic heterocycles. The highest BCUT2D eigenvalue weighted by atomic mass is 35.5. The van der Waals surface area contributed by atoms with Crippen molar-refractivity contribution in [3.05, 3.63) is 59.7 Å². The van der Waals surface area contributed by atoms with Crippen LogP contribution in [0.15, 0.2) is 53.4 Å². The molecule has 0 unspecified atom stereocenters. The van der Waals surface area contributed by atoms with Crippen molar-refractivity contribution in [3.63, 3.8) is 0 Å². The van der Waals surface area contributed by atoms with Crippen molar-refractivity contribution in [3.8, 4) is 0 Å². The topological polar surface area (TPSA) is 92.5 Å². The van der Waals surface area contributed by atoms with Gasteiger partial charge >= 0.3 is 0 Å². The van der Waals surface area contributed by atoms with Gasteiger partial charge in [-0.1, -0.05) is 30.7 Å². The molecule has 1 saturated heterocycles. The molecule has 0 bridgehead atoms. The number of carbonyl (C=O) groups excluding carboxylic acids is 1. The number of nitrogens with one attached hydrogen (secondary N) is 1. The molecule has 0 radical (unpaired) electrons. The van der Waals surface area contributed by atoms with Crippen LogP contribution in [0.2, 0.25) is 0 Å². The summed E-state index contributed by atoms with van der Waals surface area (Å²) in [7, 11) is -3.48. The first-order chi connectivity index (χ1) is 12.5. The molecular weight excluding hydrogens is 386 g/mol. The third kappa shape index (κ3) is 5.00. The molecule has 8 heteroatoms. The van der Waals surface area contributed by atoms with E-state index in [0.717, 1.165) is 24.8 Å². The van der Waals surface area contributed by atoms with Crippen molar-refractivity contribution in [1.29, 1.82) is 0 Å². The molecule has 3 rings (SSSR count). The van der Waals surface area contributed by atoms with E-state index in [1.807, 2.05) is 0 Å². The molecular formula is C19H24ClN3O3S. The molecule has 1 aliphatic rings. The lowest BCUT2D eigenvalue weighted by molar-refractivity contribution is 0.0952. The third-order valence-electron chi connectivity index (χ3n) is 4.51. The van der Waals surface area contributed by atoms with E-state index in [-0.39, 0.29) is 29.8 Å². The second-order valence-electron chi connectivity index (χ2n) is 6.38. The van der Waals surface area contributed by atoms with Gasteiger partial charge in [0.05, 0.1) is 10.5 Å². The lowest BCUT2D eigenvalue weighted by atomic mass is 10.1. The average Bonchev–Trinajstić information content (AvgIpc) is 2.67. The number of anilines is 1. The maximum atomic E-state index is 12.8. The highest BCUT2D eigenvalue weighted by molar-refractivity contribution is 7.89. The SMILES string of the molecule is Cl.Nc1ccccc1C(=O)NCc1cccc(S(=O)(=O)N2CCCCC2)c1. The van der Waals surface area contributed by atoms with Crippen molar-refractivity contribution in [2.24, 2.45) is 0 Å². The number of benzene rings is 2. The van der Waals surface area contributed by atoms with E-state index >= 15 is 0 Å². The van der Waals surface area contributed by atoms with Gasteiger partial charge in [-0.2, -0.15) is 4.31 Å². The van der Waals surface area contributed by atoms with Gasteiger partial charge in [-0.3, -0.25) is 4.79 Å². The largest absolute Gasteiger partial charge is 0.398 e. The first kappa shape index (κ1) is 21.2. The Morgan fingerprint density at radius 1 is 1.04 bits per heavy atom. The summed E-state index contributed by atoms with van der Waals surface area (Å²) in [5.41, 5.74) is 7.35. The van der Waals surface area contributed by atoms with E-state index in [1.165, 1.54) is 0 Å². The first-order valence-corrected chi connectivity index (χ1v) is 10.1. The molecule has 146 valence electrons. The second-order valence-corrected chi connectivity index (χ2v) is 8.32. The van der Waals surface area contributed by atoms with Crippen LogP contribution >= 0.6 is 12.4 Å². The van der Waals surface area contributed by atoms with Crippen molar-refractivity contribution < 1.29 is 13.2 Å². The van der Waals surface area contributed by atoms with Gasteiger partial charge in [0.25, 0.3) is 5.91 Å². The maximum Gasteiger partial charge on any atom is 0.253 e. The predicted molar refractivity (Wildman–Crippen MR) is 108 cm³/mol. The van der Waals surface area contributed by atoms with Crippen LogP contribution in [0.3, 0.4) is 0 Å². The van der Waals surface area contributed by atoms with Crippen molar-refractivity contribution >= 4 is 34.0 Å². The van der Waals surface area contributed by atoms with Gasteiger partial charge < -0.3 is 11.1 Å². The van der Waals surface area contributed by atoms with Crippen LogP contribution in [-0.4, -0.2) is 31.7 Å². The summed E-state index contributed by atoms with van der Waals surface area (Å²) in [5, 5.41) is 2.79.